The van der Waals surface area contributed by atoms with Crippen molar-refractivity contribution >= 4 is 23.6 Å². The van der Waals surface area contributed by atoms with Crippen LogP contribution in [0.4, 0.5) is 10.7 Å². The van der Waals surface area contributed by atoms with Crippen LogP contribution < -0.4 is 10.1 Å². The smallest absolute Gasteiger partial charge is 0.407 e. The van der Waals surface area contributed by atoms with Gasteiger partial charge in [-0.25, -0.2) is 9.78 Å². The summed E-state index contributed by atoms with van der Waals surface area (Å²) < 4.78 is 5.27. The lowest BCUT2D eigenvalue weighted by Gasteiger charge is -2.14. The summed E-state index contributed by atoms with van der Waals surface area (Å²) in [5.41, 5.74) is 0. The Morgan fingerprint density at radius 3 is 3.16 bits per heavy atom. The van der Waals surface area contributed by atoms with Gasteiger partial charge in [-0.15, -0.1) is 0 Å². The van der Waals surface area contributed by atoms with Crippen LogP contribution in [0.1, 0.15) is 13.3 Å². The number of amides is 1. The van der Waals surface area contributed by atoms with Crippen molar-refractivity contribution < 1.29 is 14.6 Å². The fourth-order valence-electron chi connectivity index (χ4n) is 1.89. The molecule has 1 saturated heterocycles. The van der Waals surface area contributed by atoms with Gasteiger partial charge < -0.3 is 20.1 Å². The maximum absolute atomic E-state index is 10.8. The Bertz CT molecular complexity index is 471. The van der Waals surface area contributed by atoms with Gasteiger partial charge >= 0.3 is 6.09 Å². The Kier molecular flexibility index (Phi) is 4.26. The molecule has 1 aliphatic rings. The van der Waals surface area contributed by atoms with Gasteiger partial charge in [0.25, 0.3) is 0 Å². The van der Waals surface area contributed by atoms with Crippen LogP contribution in [0.15, 0.2) is 6.20 Å². The van der Waals surface area contributed by atoms with Crippen molar-refractivity contribution in [2.75, 3.05) is 25.0 Å². The van der Waals surface area contributed by atoms with Crippen molar-refractivity contribution in [1.82, 2.24) is 14.9 Å². The summed E-state index contributed by atoms with van der Waals surface area (Å²) in [6, 6.07) is 0.00625. The molecular weight excluding hydrogens is 272 g/mol. The van der Waals surface area contributed by atoms with E-state index in [1.54, 1.807) is 0 Å². The van der Waals surface area contributed by atoms with Crippen LogP contribution >= 0.6 is 11.6 Å². The van der Waals surface area contributed by atoms with Gasteiger partial charge in [-0.3, -0.25) is 0 Å². The molecule has 0 bridgehead atoms. The Hall–Kier alpha value is -1.76. The minimum absolute atomic E-state index is 0.00625. The number of hydrogen-bond donors (Lipinski definition) is 2. The van der Waals surface area contributed by atoms with Crippen LogP contribution in [0.3, 0.4) is 0 Å². The molecule has 0 radical (unpaired) electrons. The van der Waals surface area contributed by atoms with Crippen LogP contribution in [0.5, 0.6) is 5.88 Å². The minimum Gasteiger partial charge on any atom is -0.477 e. The van der Waals surface area contributed by atoms with Crippen molar-refractivity contribution in [3.8, 4) is 5.88 Å². The standard InChI is InChI=1S/C11H15ClN4O3/c1-2-19-9-8(12)5-13-10(15-9)14-7-3-4-16(6-7)11(17)18/h5,7H,2-4,6H2,1H3,(H,17,18)(H,13,14,15)/t7-/m1/s1. The third-order valence-electron chi connectivity index (χ3n) is 2.78. The highest BCUT2D eigenvalue weighted by atomic mass is 35.5. The number of likely N-dealkylation sites (tertiary alicyclic amines) is 1. The van der Waals surface area contributed by atoms with Gasteiger partial charge in [-0.2, -0.15) is 4.98 Å². The van der Waals surface area contributed by atoms with Crippen LogP contribution in [0.25, 0.3) is 0 Å². The van der Waals surface area contributed by atoms with Crippen molar-refractivity contribution in [3.63, 3.8) is 0 Å². The maximum atomic E-state index is 10.8. The lowest BCUT2D eigenvalue weighted by atomic mass is 10.3. The average Bonchev–Trinajstić information content (AvgIpc) is 2.82. The first-order chi connectivity index (χ1) is 9.10. The monoisotopic (exact) mass is 286 g/mol. The molecule has 2 N–H and O–H groups in total. The Morgan fingerprint density at radius 2 is 2.53 bits per heavy atom. The fraction of sp³-hybridized carbons (Fsp3) is 0.545. The van der Waals surface area contributed by atoms with E-state index in [1.165, 1.54) is 11.1 Å². The van der Waals surface area contributed by atoms with Gasteiger partial charge in [0.1, 0.15) is 5.02 Å². The normalized spacial score (nSPS) is 18.4. The van der Waals surface area contributed by atoms with E-state index in [-0.39, 0.29) is 6.04 Å². The molecule has 8 heteroatoms. The molecule has 0 unspecified atom stereocenters. The molecule has 0 aliphatic carbocycles. The third-order valence-corrected chi connectivity index (χ3v) is 3.04. The van der Waals surface area contributed by atoms with E-state index in [1.807, 2.05) is 6.92 Å². The Labute approximate surface area is 115 Å². The average molecular weight is 287 g/mol. The molecule has 1 atom stereocenters. The first-order valence-electron chi connectivity index (χ1n) is 6.00. The van der Waals surface area contributed by atoms with Gasteiger partial charge in [0.15, 0.2) is 0 Å². The summed E-state index contributed by atoms with van der Waals surface area (Å²) in [6.07, 6.45) is 1.28. The summed E-state index contributed by atoms with van der Waals surface area (Å²) in [7, 11) is 0. The predicted octanol–water partition coefficient (Wildman–Crippen LogP) is 1.69. The number of rotatable bonds is 4. The van der Waals surface area contributed by atoms with Gasteiger partial charge in [0.2, 0.25) is 11.8 Å². The van der Waals surface area contributed by atoms with Crippen LogP contribution in [-0.4, -0.2) is 51.8 Å². The molecule has 7 nitrogen and oxygen atoms in total. The first kappa shape index (κ1) is 13.7. The van der Waals surface area contributed by atoms with Crippen molar-refractivity contribution in [2.45, 2.75) is 19.4 Å². The molecule has 104 valence electrons. The number of carboxylic acid groups (broad SMARTS) is 1. The number of halogens is 1. The number of ether oxygens (including phenoxy) is 1. The molecule has 1 aromatic rings. The second-order valence-electron chi connectivity index (χ2n) is 4.14. The summed E-state index contributed by atoms with van der Waals surface area (Å²) in [4.78, 5) is 20.4. The molecule has 1 amide bonds. The number of aromatic nitrogens is 2. The van der Waals surface area contributed by atoms with Gasteiger partial charge in [-0.05, 0) is 13.3 Å². The van der Waals surface area contributed by atoms with Crippen LogP contribution in [-0.2, 0) is 0 Å². The summed E-state index contributed by atoms with van der Waals surface area (Å²) in [5.74, 6) is 0.722. The molecule has 1 aromatic heterocycles. The zero-order chi connectivity index (χ0) is 13.8. The van der Waals surface area contributed by atoms with E-state index >= 15 is 0 Å². The highest BCUT2D eigenvalue weighted by Crippen LogP contribution is 2.22. The highest BCUT2D eigenvalue weighted by Gasteiger charge is 2.26. The molecular formula is C11H15ClN4O3. The van der Waals surface area contributed by atoms with E-state index in [4.69, 9.17) is 21.4 Å². The maximum Gasteiger partial charge on any atom is 0.407 e. The van der Waals surface area contributed by atoms with Gasteiger partial charge in [-0.1, -0.05) is 11.6 Å². The largest absolute Gasteiger partial charge is 0.477 e. The van der Waals surface area contributed by atoms with Crippen molar-refractivity contribution in [3.05, 3.63) is 11.2 Å². The van der Waals surface area contributed by atoms with Gasteiger partial charge in [0, 0.05) is 19.1 Å². The zero-order valence-corrected chi connectivity index (χ0v) is 11.2. The van der Waals surface area contributed by atoms with E-state index in [0.717, 1.165) is 6.42 Å². The number of hydrogen-bond acceptors (Lipinski definition) is 5. The molecule has 0 spiro atoms. The quantitative estimate of drug-likeness (QED) is 0.876. The van der Waals surface area contributed by atoms with Gasteiger partial charge in [0.05, 0.1) is 12.8 Å². The predicted molar refractivity (Wildman–Crippen MR) is 69.8 cm³/mol. The second kappa shape index (κ2) is 5.92. The third kappa shape index (κ3) is 3.37. The van der Waals surface area contributed by atoms with Crippen LogP contribution in [0.2, 0.25) is 5.02 Å². The van der Waals surface area contributed by atoms with Crippen molar-refractivity contribution in [1.29, 1.82) is 0 Å². The number of nitrogens with zero attached hydrogens (tertiary/aromatic N) is 3. The molecule has 2 heterocycles. The molecule has 0 saturated carbocycles. The molecule has 1 aliphatic heterocycles. The lowest BCUT2D eigenvalue weighted by Crippen LogP contribution is -2.30. The SMILES string of the molecule is CCOc1nc(N[C@@H]2CCN(C(=O)O)C2)ncc1Cl. The van der Waals surface area contributed by atoms with E-state index in [0.29, 0.717) is 36.5 Å². The first-order valence-corrected chi connectivity index (χ1v) is 6.37. The summed E-state index contributed by atoms with van der Waals surface area (Å²) in [5, 5.41) is 12.3. The number of nitrogens with one attached hydrogen (secondary N) is 1. The highest BCUT2D eigenvalue weighted by molar-refractivity contribution is 6.31. The van der Waals surface area contributed by atoms with Crippen LogP contribution in [0, 0.1) is 0 Å². The lowest BCUT2D eigenvalue weighted by molar-refractivity contribution is 0.155. The fourth-order valence-corrected chi connectivity index (χ4v) is 2.04. The minimum atomic E-state index is -0.906. The second-order valence-corrected chi connectivity index (χ2v) is 4.55. The topological polar surface area (TPSA) is 87.6 Å². The summed E-state index contributed by atoms with van der Waals surface area (Å²) >= 11 is 5.89. The Morgan fingerprint density at radius 1 is 1.74 bits per heavy atom. The van der Waals surface area contributed by atoms with E-state index in [9.17, 15) is 4.79 Å². The van der Waals surface area contributed by atoms with E-state index in [2.05, 4.69) is 15.3 Å². The Balaban J connectivity index is 2.00. The number of carbonyl (C=O) groups is 1. The van der Waals surface area contributed by atoms with E-state index < -0.39 is 6.09 Å². The molecule has 1 fully saturated rings. The zero-order valence-electron chi connectivity index (χ0n) is 10.5. The summed E-state index contributed by atoms with van der Waals surface area (Å²) in [6.45, 7) is 3.24. The molecule has 19 heavy (non-hydrogen) atoms. The number of anilines is 1. The van der Waals surface area contributed by atoms with Crippen molar-refractivity contribution in [2.24, 2.45) is 0 Å². The molecule has 0 aromatic carbocycles. The molecule has 2 rings (SSSR count).